The van der Waals surface area contributed by atoms with Gasteiger partial charge in [-0.15, -0.1) is 0 Å². The third kappa shape index (κ3) is 2.22. The van der Waals surface area contributed by atoms with Crippen molar-refractivity contribution in [1.82, 2.24) is 4.98 Å². The lowest BCUT2D eigenvalue weighted by atomic mass is 9.95. The quantitative estimate of drug-likeness (QED) is 0.896. The zero-order valence-corrected chi connectivity index (χ0v) is 11.1. The number of aromatic nitrogens is 1. The first-order valence-electron chi connectivity index (χ1n) is 6.77. The number of rotatable bonds is 2. The number of hydrogen-bond donors (Lipinski definition) is 1. The molecule has 1 aliphatic heterocycles. The lowest BCUT2D eigenvalue weighted by Gasteiger charge is -2.14. The highest BCUT2D eigenvalue weighted by molar-refractivity contribution is 5.45. The van der Waals surface area contributed by atoms with E-state index in [-0.39, 0.29) is 5.92 Å². The van der Waals surface area contributed by atoms with Gasteiger partial charge in [-0.1, -0.05) is 25.1 Å². The predicted octanol–water partition coefficient (Wildman–Crippen LogP) is 3.03. The second kappa shape index (κ2) is 5.02. The summed E-state index contributed by atoms with van der Waals surface area (Å²) in [7, 11) is 0. The Morgan fingerprint density at radius 1 is 1.21 bits per heavy atom. The molecule has 2 aromatic rings. The summed E-state index contributed by atoms with van der Waals surface area (Å²) >= 11 is 0. The van der Waals surface area contributed by atoms with Gasteiger partial charge in [0.25, 0.3) is 0 Å². The van der Waals surface area contributed by atoms with Gasteiger partial charge in [0, 0.05) is 18.2 Å². The van der Waals surface area contributed by atoms with Crippen LogP contribution in [0.5, 0.6) is 11.5 Å². The summed E-state index contributed by atoms with van der Waals surface area (Å²) in [5, 5.41) is 0. The lowest BCUT2D eigenvalue weighted by Crippen LogP contribution is -2.16. The normalized spacial score (nSPS) is 17.1. The molecule has 0 aliphatic carbocycles. The predicted molar refractivity (Wildman–Crippen MR) is 75.6 cm³/mol. The van der Waals surface area contributed by atoms with E-state index in [1.165, 1.54) is 5.56 Å². The van der Waals surface area contributed by atoms with Gasteiger partial charge in [-0.3, -0.25) is 4.98 Å². The second-order valence-electron chi connectivity index (χ2n) is 4.89. The molecule has 3 heteroatoms. The highest BCUT2D eigenvalue weighted by Gasteiger charge is 2.23. The van der Waals surface area contributed by atoms with Gasteiger partial charge in [0.2, 0.25) is 0 Å². The maximum absolute atomic E-state index is 6.02. The number of fused-ring (bicyclic) bond motifs is 2. The van der Waals surface area contributed by atoms with Crippen LogP contribution in [0, 0.1) is 0 Å². The van der Waals surface area contributed by atoms with Crippen molar-refractivity contribution in [2.75, 3.05) is 6.54 Å². The molecule has 0 bridgehead atoms. The monoisotopic (exact) mass is 254 g/mol. The van der Waals surface area contributed by atoms with Crippen LogP contribution in [0.25, 0.3) is 0 Å². The summed E-state index contributed by atoms with van der Waals surface area (Å²) in [6.45, 7) is 2.70. The van der Waals surface area contributed by atoms with Crippen LogP contribution < -0.4 is 10.5 Å². The van der Waals surface area contributed by atoms with Gasteiger partial charge in [0.05, 0.1) is 5.69 Å². The van der Waals surface area contributed by atoms with E-state index in [1.807, 2.05) is 30.3 Å². The van der Waals surface area contributed by atoms with Gasteiger partial charge >= 0.3 is 0 Å². The zero-order chi connectivity index (χ0) is 13.2. The van der Waals surface area contributed by atoms with Crippen LogP contribution in [0.2, 0.25) is 0 Å². The molecule has 1 aromatic heterocycles. The highest BCUT2D eigenvalue weighted by Crippen LogP contribution is 2.37. The SMILES string of the molecule is CCc1ccc2c(n1)[C@@H](CN)Cc1ccccc1O2. The van der Waals surface area contributed by atoms with Crippen molar-refractivity contribution in [3.05, 3.63) is 53.3 Å². The summed E-state index contributed by atoms with van der Waals surface area (Å²) in [5.74, 6) is 1.99. The van der Waals surface area contributed by atoms with Crippen LogP contribution >= 0.6 is 0 Å². The van der Waals surface area contributed by atoms with Crippen molar-refractivity contribution >= 4 is 0 Å². The molecule has 0 radical (unpaired) electrons. The van der Waals surface area contributed by atoms with Crippen molar-refractivity contribution in [2.24, 2.45) is 5.73 Å². The van der Waals surface area contributed by atoms with E-state index in [9.17, 15) is 0 Å². The van der Waals surface area contributed by atoms with Gasteiger partial charge in [-0.2, -0.15) is 0 Å². The molecule has 3 rings (SSSR count). The number of nitrogens with zero attached hydrogens (tertiary/aromatic N) is 1. The van der Waals surface area contributed by atoms with Gasteiger partial charge in [0.1, 0.15) is 11.5 Å². The molecule has 1 atom stereocenters. The molecular formula is C16H18N2O. The Bertz CT molecular complexity index is 595. The topological polar surface area (TPSA) is 48.1 Å². The van der Waals surface area contributed by atoms with Crippen LogP contribution in [-0.2, 0) is 12.8 Å². The minimum Gasteiger partial charge on any atom is -0.455 e. The van der Waals surface area contributed by atoms with Crippen LogP contribution in [0.15, 0.2) is 36.4 Å². The molecule has 98 valence electrons. The Morgan fingerprint density at radius 3 is 2.84 bits per heavy atom. The van der Waals surface area contributed by atoms with Crippen molar-refractivity contribution in [3.63, 3.8) is 0 Å². The number of hydrogen-bond acceptors (Lipinski definition) is 3. The number of benzene rings is 1. The van der Waals surface area contributed by atoms with Gasteiger partial charge in [0.15, 0.2) is 0 Å². The maximum atomic E-state index is 6.02. The molecule has 0 unspecified atom stereocenters. The van der Waals surface area contributed by atoms with Crippen molar-refractivity contribution < 1.29 is 4.74 Å². The molecule has 2 heterocycles. The fourth-order valence-corrected chi connectivity index (χ4v) is 2.53. The third-order valence-electron chi connectivity index (χ3n) is 3.64. The van der Waals surface area contributed by atoms with Crippen LogP contribution in [0.1, 0.15) is 29.8 Å². The number of ether oxygens (including phenoxy) is 1. The summed E-state index contributed by atoms with van der Waals surface area (Å²) in [5.41, 5.74) is 9.23. The Balaban J connectivity index is 2.11. The Kier molecular flexibility index (Phi) is 3.22. The molecule has 3 nitrogen and oxygen atoms in total. The van der Waals surface area contributed by atoms with Gasteiger partial charge in [-0.05, 0) is 36.6 Å². The van der Waals surface area contributed by atoms with Crippen LogP contribution in [0.4, 0.5) is 0 Å². The molecule has 2 N–H and O–H groups in total. The molecule has 1 aliphatic rings. The first-order chi connectivity index (χ1) is 9.31. The molecule has 19 heavy (non-hydrogen) atoms. The highest BCUT2D eigenvalue weighted by atomic mass is 16.5. The lowest BCUT2D eigenvalue weighted by molar-refractivity contribution is 0.474. The Hall–Kier alpha value is -1.87. The van der Waals surface area contributed by atoms with E-state index in [2.05, 4.69) is 13.0 Å². The van der Waals surface area contributed by atoms with E-state index < -0.39 is 0 Å². The summed E-state index contributed by atoms with van der Waals surface area (Å²) in [6.07, 6.45) is 1.82. The van der Waals surface area contributed by atoms with Crippen molar-refractivity contribution in [1.29, 1.82) is 0 Å². The van der Waals surface area contributed by atoms with E-state index >= 15 is 0 Å². The maximum Gasteiger partial charge on any atom is 0.149 e. The van der Waals surface area contributed by atoms with Crippen molar-refractivity contribution in [3.8, 4) is 11.5 Å². The number of para-hydroxylation sites is 1. The zero-order valence-electron chi connectivity index (χ0n) is 11.1. The fraction of sp³-hybridized carbons (Fsp3) is 0.312. The first kappa shape index (κ1) is 12.2. The summed E-state index contributed by atoms with van der Waals surface area (Å²) in [6, 6.07) is 12.2. The molecule has 0 fully saturated rings. The number of nitrogens with two attached hydrogens (primary N) is 1. The minimum absolute atomic E-state index is 0.227. The Labute approximate surface area is 113 Å². The second-order valence-corrected chi connectivity index (χ2v) is 4.89. The number of aryl methyl sites for hydroxylation is 1. The van der Waals surface area contributed by atoms with E-state index in [0.717, 1.165) is 35.7 Å². The van der Waals surface area contributed by atoms with Gasteiger partial charge < -0.3 is 10.5 Å². The standard InChI is InChI=1S/C16H18N2O/c1-2-13-7-8-15-16(18-13)12(10-17)9-11-5-3-4-6-14(11)19-15/h3-8,12H,2,9-10,17H2,1H3/t12-/m1/s1. The average molecular weight is 254 g/mol. The van der Waals surface area contributed by atoms with E-state index in [4.69, 9.17) is 15.5 Å². The smallest absolute Gasteiger partial charge is 0.149 e. The molecule has 0 saturated heterocycles. The van der Waals surface area contributed by atoms with E-state index in [0.29, 0.717) is 6.54 Å². The molecule has 0 amide bonds. The average Bonchev–Trinajstić information content (AvgIpc) is 2.62. The molecule has 1 aromatic carbocycles. The molecular weight excluding hydrogens is 236 g/mol. The van der Waals surface area contributed by atoms with Crippen LogP contribution in [-0.4, -0.2) is 11.5 Å². The third-order valence-corrected chi connectivity index (χ3v) is 3.64. The molecule has 0 spiro atoms. The van der Waals surface area contributed by atoms with Crippen LogP contribution in [0.3, 0.4) is 0 Å². The first-order valence-corrected chi connectivity index (χ1v) is 6.77. The fourth-order valence-electron chi connectivity index (χ4n) is 2.53. The summed E-state index contributed by atoms with van der Waals surface area (Å²) < 4.78 is 6.02. The van der Waals surface area contributed by atoms with Crippen molar-refractivity contribution in [2.45, 2.75) is 25.7 Å². The number of pyridine rings is 1. The minimum atomic E-state index is 0.227. The Morgan fingerprint density at radius 2 is 2.05 bits per heavy atom. The molecule has 0 saturated carbocycles. The van der Waals surface area contributed by atoms with Gasteiger partial charge in [-0.25, -0.2) is 0 Å². The summed E-state index contributed by atoms with van der Waals surface area (Å²) in [4.78, 5) is 4.72. The van der Waals surface area contributed by atoms with E-state index in [1.54, 1.807) is 0 Å². The largest absolute Gasteiger partial charge is 0.455 e.